The van der Waals surface area contributed by atoms with E-state index in [9.17, 15) is 9.59 Å². The van der Waals surface area contributed by atoms with Crippen LogP contribution in [0.4, 0.5) is 0 Å². The zero-order valence-electron chi connectivity index (χ0n) is 8.82. The topological polar surface area (TPSA) is 78.4 Å². The van der Waals surface area contributed by atoms with Crippen LogP contribution in [0.15, 0.2) is 0 Å². The first kappa shape index (κ1) is 12.3. The molecule has 5 nitrogen and oxygen atoms in total. The molecule has 0 aromatic heterocycles. The number of carbonyl (C=O) groups is 2. The Morgan fingerprint density at radius 2 is 2.27 bits per heavy atom. The molecule has 1 heterocycles. The summed E-state index contributed by atoms with van der Waals surface area (Å²) in [6.45, 7) is 3.79. The minimum Gasteiger partial charge on any atom is -0.480 e. The van der Waals surface area contributed by atoms with Gasteiger partial charge in [0.2, 0.25) is 5.91 Å². The van der Waals surface area contributed by atoms with Gasteiger partial charge in [-0.05, 0) is 13.8 Å². The Kier molecular flexibility index (Phi) is 4.41. The number of hydrogen-bond donors (Lipinski definition) is 3. The number of carboxylic acids is 1. The summed E-state index contributed by atoms with van der Waals surface area (Å²) in [6.07, 6.45) is 0.326. The smallest absolute Gasteiger partial charge is 0.321 e. The highest BCUT2D eigenvalue weighted by Gasteiger charge is 2.30. The third-order valence-corrected chi connectivity index (χ3v) is 3.20. The molecule has 0 radical (unpaired) electrons. The van der Waals surface area contributed by atoms with Crippen LogP contribution in [0.2, 0.25) is 0 Å². The molecule has 1 aliphatic rings. The maximum Gasteiger partial charge on any atom is 0.321 e. The fourth-order valence-corrected chi connectivity index (χ4v) is 2.54. The first-order valence-electron chi connectivity index (χ1n) is 4.89. The summed E-state index contributed by atoms with van der Waals surface area (Å²) >= 11 is 1.48. The van der Waals surface area contributed by atoms with Gasteiger partial charge in [-0.15, -0.1) is 11.8 Å². The van der Waals surface area contributed by atoms with Crippen molar-refractivity contribution in [2.75, 3.05) is 5.75 Å². The van der Waals surface area contributed by atoms with Crippen molar-refractivity contribution in [3.8, 4) is 0 Å². The van der Waals surface area contributed by atoms with Crippen molar-refractivity contribution in [1.29, 1.82) is 0 Å². The minimum absolute atomic E-state index is 0.0407. The number of carboxylic acid groups (broad SMARTS) is 1. The van der Waals surface area contributed by atoms with Crippen LogP contribution >= 0.6 is 11.8 Å². The van der Waals surface area contributed by atoms with Crippen LogP contribution < -0.4 is 10.6 Å². The van der Waals surface area contributed by atoms with Crippen molar-refractivity contribution >= 4 is 23.6 Å². The zero-order chi connectivity index (χ0) is 11.4. The largest absolute Gasteiger partial charge is 0.480 e. The second kappa shape index (κ2) is 5.37. The van der Waals surface area contributed by atoms with Gasteiger partial charge in [0, 0.05) is 11.8 Å². The quantitative estimate of drug-likeness (QED) is 0.637. The predicted octanol–water partition coefficient (Wildman–Crippen LogP) is 0.0168. The Labute approximate surface area is 93.0 Å². The SMILES string of the molecule is CC(C)NC(=O)CC1NC(C(=O)O)CS1. The molecular formula is C9H16N2O3S. The van der Waals surface area contributed by atoms with Crippen LogP contribution in [0.25, 0.3) is 0 Å². The molecule has 3 N–H and O–H groups in total. The van der Waals surface area contributed by atoms with Crippen molar-refractivity contribution in [2.45, 2.75) is 37.7 Å². The molecule has 0 aromatic carbocycles. The molecule has 6 heteroatoms. The summed E-state index contributed by atoms with van der Waals surface area (Å²) in [5.41, 5.74) is 0. The molecule has 0 aliphatic carbocycles. The second-order valence-electron chi connectivity index (χ2n) is 3.81. The van der Waals surface area contributed by atoms with E-state index >= 15 is 0 Å². The van der Waals surface area contributed by atoms with Gasteiger partial charge in [0.1, 0.15) is 6.04 Å². The van der Waals surface area contributed by atoms with E-state index in [4.69, 9.17) is 5.11 Å². The van der Waals surface area contributed by atoms with E-state index in [0.29, 0.717) is 12.2 Å². The van der Waals surface area contributed by atoms with Crippen molar-refractivity contribution < 1.29 is 14.7 Å². The molecular weight excluding hydrogens is 216 g/mol. The van der Waals surface area contributed by atoms with Gasteiger partial charge in [0.15, 0.2) is 0 Å². The van der Waals surface area contributed by atoms with E-state index in [1.165, 1.54) is 11.8 Å². The summed E-state index contributed by atoms with van der Waals surface area (Å²) < 4.78 is 0. The van der Waals surface area contributed by atoms with E-state index in [2.05, 4.69) is 10.6 Å². The van der Waals surface area contributed by atoms with Crippen molar-refractivity contribution in [3.63, 3.8) is 0 Å². The monoisotopic (exact) mass is 232 g/mol. The lowest BCUT2D eigenvalue weighted by Gasteiger charge is -2.12. The summed E-state index contributed by atoms with van der Waals surface area (Å²) in [6, 6.07) is -0.397. The van der Waals surface area contributed by atoms with Crippen LogP contribution in [-0.2, 0) is 9.59 Å². The molecule has 0 spiro atoms. The van der Waals surface area contributed by atoms with Crippen molar-refractivity contribution in [1.82, 2.24) is 10.6 Å². The van der Waals surface area contributed by atoms with E-state index < -0.39 is 12.0 Å². The Bertz CT molecular complexity index is 258. The number of hydrogen-bond acceptors (Lipinski definition) is 4. The van der Waals surface area contributed by atoms with Gasteiger partial charge < -0.3 is 10.4 Å². The van der Waals surface area contributed by atoms with Gasteiger partial charge in [0.05, 0.1) is 11.8 Å². The highest BCUT2D eigenvalue weighted by Crippen LogP contribution is 2.21. The van der Waals surface area contributed by atoms with Crippen LogP contribution in [0, 0.1) is 0 Å². The molecule has 1 saturated heterocycles. The highest BCUT2D eigenvalue weighted by molar-refractivity contribution is 8.00. The zero-order valence-corrected chi connectivity index (χ0v) is 9.63. The number of nitrogens with one attached hydrogen (secondary N) is 2. The Morgan fingerprint density at radius 1 is 1.60 bits per heavy atom. The fourth-order valence-electron chi connectivity index (χ4n) is 1.34. The van der Waals surface area contributed by atoms with Crippen LogP contribution in [0.5, 0.6) is 0 Å². The van der Waals surface area contributed by atoms with Gasteiger partial charge in [-0.2, -0.15) is 0 Å². The molecule has 1 fully saturated rings. The number of carbonyl (C=O) groups excluding carboxylic acids is 1. The third kappa shape index (κ3) is 4.09. The molecule has 2 atom stereocenters. The third-order valence-electron chi connectivity index (χ3n) is 1.97. The molecule has 15 heavy (non-hydrogen) atoms. The van der Waals surface area contributed by atoms with E-state index in [1.807, 2.05) is 13.8 Å². The summed E-state index contributed by atoms with van der Waals surface area (Å²) in [7, 11) is 0. The number of aliphatic carboxylic acids is 1. The molecule has 0 saturated carbocycles. The van der Waals surface area contributed by atoms with E-state index in [1.54, 1.807) is 0 Å². The summed E-state index contributed by atoms with van der Waals surface area (Å²) in [5, 5.41) is 14.3. The summed E-state index contributed by atoms with van der Waals surface area (Å²) in [4.78, 5) is 22.0. The summed E-state index contributed by atoms with van der Waals surface area (Å²) in [5.74, 6) is -0.370. The maximum atomic E-state index is 11.4. The van der Waals surface area contributed by atoms with Crippen LogP contribution in [-0.4, -0.2) is 40.2 Å². The molecule has 0 aromatic rings. The lowest BCUT2D eigenvalue weighted by Crippen LogP contribution is -2.39. The molecule has 1 rings (SSSR count). The lowest BCUT2D eigenvalue weighted by atomic mass is 10.3. The molecule has 1 amide bonds. The first-order valence-corrected chi connectivity index (χ1v) is 5.93. The Hall–Kier alpha value is -0.750. The van der Waals surface area contributed by atoms with Gasteiger partial charge in [-0.25, -0.2) is 0 Å². The second-order valence-corrected chi connectivity index (χ2v) is 5.04. The highest BCUT2D eigenvalue weighted by atomic mass is 32.2. The Morgan fingerprint density at radius 3 is 2.73 bits per heavy atom. The van der Waals surface area contributed by atoms with E-state index in [-0.39, 0.29) is 17.3 Å². The maximum absolute atomic E-state index is 11.4. The van der Waals surface area contributed by atoms with Gasteiger partial charge in [-0.3, -0.25) is 14.9 Å². The molecule has 1 aliphatic heterocycles. The van der Waals surface area contributed by atoms with Gasteiger partial charge in [0.25, 0.3) is 0 Å². The number of rotatable bonds is 4. The fraction of sp³-hybridized carbons (Fsp3) is 0.778. The predicted molar refractivity (Wildman–Crippen MR) is 58.7 cm³/mol. The standard InChI is InChI=1S/C9H16N2O3S/c1-5(2)10-7(12)3-8-11-6(4-15-8)9(13)14/h5-6,8,11H,3-4H2,1-2H3,(H,10,12)(H,13,14). The number of amides is 1. The molecule has 2 unspecified atom stereocenters. The molecule has 86 valence electrons. The van der Waals surface area contributed by atoms with Crippen molar-refractivity contribution in [3.05, 3.63) is 0 Å². The van der Waals surface area contributed by atoms with Gasteiger partial charge in [-0.1, -0.05) is 0 Å². The number of thioether (sulfide) groups is 1. The lowest BCUT2D eigenvalue weighted by molar-refractivity contribution is -0.138. The normalized spacial score (nSPS) is 25.5. The van der Waals surface area contributed by atoms with Crippen LogP contribution in [0.1, 0.15) is 20.3 Å². The first-order chi connectivity index (χ1) is 6.99. The average Bonchev–Trinajstić information content (AvgIpc) is 2.50. The van der Waals surface area contributed by atoms with E-state index in [0.717, 1.165) is 0 Å². The average molecular weight is 232 g/mol. The Balaban J connectivity index is 2.30. The van der Waals surface area contributed by atoms with Crippen LogP contribution in [0.3, 0.4) is 0 Å². The molecule has 0 bridgehead atoms. The minimum atomic E-state index is -0.853. The van der Waals surface area contributed by atoms with Crippen molar-refractivity contribution in [2.24, 2.45) is 0 Å². The van der Waals surface area contributed by atoms with Gasteiger partial charge >= 0.3 is 5.97 Å².